The molecule has 0 radical (unpaired) electrons. The van der Waals surface area contributed by atoms with E-state index in [1.165, 1.54) is 11.3 Å². The van der Waals surface area contributed by atoms with Gasteiger partial charge in [0.05, 0.1) is 24.5 Å². The standard InChI is InChI=1S/C17H28N2O2S/c1-6-19-9-7-8-16(19)11-18-22(20,21)17-14(4)12(2)10-13(3)15(17)5/h10,16,18H,6-9,11H2,1-5H3/p+1/t16-/m0/s1. The van der Waals surface area contributed by atoms with Gasteiger partial charge in [-0.1, -0.05) is 6.07 Å². The molecule has 4 nitrogen and oxygen atoms in total. The Morgan fingerprint density at radius 3 is 2.32 bits per heavy atom. The van der Waals surface area contributed by atoms with Crippen LogP contribution in [-0.2, 0) is 10.0 Å². The van der Waals surface area contributed by atoms with Crippen molar-refractivity contribution in [3.05, 3.63) is 28.3 Å². The van der Waals surface area contributed by atoms with Crippen molar-refractivity contribution in [2.24, 2.45) is 0 Å². The van der Waals surface area contributed by atoms with Gasteiger partial charge in [0.2, 0.25) is 10.0 Å². The average Bonchev–Trinajstić information content (AvgIpc) is 2.90. The summed E-state index contributed by atoms with van der Waals surface area (Å²) in [7, 11) is -3.45. The highest BCUT2D eigenvalue weighted by atomic mass is 32.2. The van der Waals surface area contributed by atoms with E-state index in [2.05, 4.69) is 17.7 Å². The lowest BCUT2D eigenvalue weighted by molar-refractivity contribution is -0.909. The van der Waals surface area contributed by atoms with Gasteiger partial charge in [0.15, 0.2) is 0 Å². The Labute approximate surface area is 135 Å². The van der Waals surface area contributed by atoms with Gasteiger partial charge in [0.25, 0.3) is 0 Å². The Bertz CT molecular complexity index is 627. The van der Waals surface area contributed by atoms with Gasteiger partial charge in [-0.2, -0.15) is 0 Å². The molecule has 0 bridgehead atoms. The van der Waals surface area contributed by atoms with Crippen LogP contribution in [0.15, 0.2) is 11.0 Å². The molecule has 0 amide bonds. The number of likely N-dealkylation sites (N-methyl/N-ethyl adjacent to an activating group) is 1. The quantitative estimate of drug-likeness (QED) is 0.856. The van der Waals surface area contributed by atoms with Crippen molar-refractivity contribution in [2.45, 2.75) is 58.4 Å². The van der Waals surface area contributed by atoms with Gasteiger partial charge in [-0.05, 0) is 56.9 Å². The Morgan fingerprint density at radius 2 is 1.77 bits per heavy atom. The summed E-state index contributed by atoms with van der Waals surface area (Å²) in [4.78, 5) is 1.98. The molecule has 2 N–H and O–H groups in total. The first kappa shape index (κ1) is 17.4. The molecule has 1 aliphatic heterocycles. The van der Waals surface area contributed by atoms with Gasteiger partial charge >= 0.3 is 0 Å². The molecular formula is C17H29N2O2S+. The van der Waals surface area contributed by atoms with E-state index in [1.54, 1.807) is 0 Å². The number of quaternary nitrogens is 1. The van der Waals surface area contributed by atoms with Crippen LogP contribution in [0.1, 0.15) is 42.0 Å². The van der Waals surface area contributed by atoms with Crippen molar-refractivity contribution in [3.8, 4) is 0 Å². The highest BCUT2D eigenvalue weighted by Gasteiger charge is 2.29. The maximum atomic E-state index is 12.8. The molecule has 1 fully saturated rings. The molecule has 1 heterocycles. The highest BCUT2D eigenvalue weighted by molar-refractivity contribution is 7.89. The van der Waals surface area contributed by atoms with E-state index in [1.807, 2.05) is 27.7 Å². The Hall–Kier alpha value is -0.910. The van der Waals surface area contributed by atoms with Gasteiger partial charge in [-0.25, -0.2) is 13.1 Å². The number of hydrogen-bond donors (Lipinski definition) is 2. The van der Waals surface area contributed by atoms with Gasteiger partial charge in [0.1, 0.15) is 6.04 Å². The summed E-state index contributed by atoms with van der Waals surface area (Å²) in [6.07, 6.45) is 2.30. The fraction of sp³-hybridized carbons (Fsp3) is 0.647. The molecule has 0 aromatic heterocycles. The molecule has 1 aromatic carbocycles. The molecule has 1 unspecified atom stereocenters. The predicted molar refractivity (Wildman–Crippen MR) is 90.0 cm³/mol. The zero-order chi connectivity index (χ0) is 16.5. The van der Waals surface area contributed by atoms with E-state index in [-0.39, 0.29) is 0 Å². The number of likely N-dealkylation sites (tertiary alicyclic amines) is 1. The van der Waals surface area contributed by atoms with Crippen LogP contribution < -0.4 is 9.62 Å². The summed E-state index contributed by atoms with van der Waals surface area (Å²) in [5, 5.41) is 0. The number of aryl methyl sites for hydroxylation is 2. The minimum Gasteiger partial charge on any atom is -0.332 e. The summed E-state index contributed by atoms with van der Waals surface area (Å²) in [5.74, 6) is 0. The number of sulfonamides is 1. The third-order valence-electron chi connectivity index (χ3n) is 5.17. The van der Waals surface area contributed by atoms with Crippen LogP contribution in [0.5, 0.6) is 0 Å². The van der Waals surface area contributed by atoms with Crippen molar-refractivity contribution in [1.29, 1.82) is 0 Å². The molecule has 0 aliphatic carbocycles. The predicted octanol–water partition coefficient (Wildman–Crippen LogP) is 1.27. The number of benzene rings is 1. The Morgan fingerprint density at radius 1 is 1.18 bits per heavy atom. The van der Waals surface area contributed by atoms with E-state index in [4.69, 9.17) is 0 Å². The van der Waals surface area contributed by atoms with Gasteiger partial charge in [-0.3, -0.25) is 0 Å². The van der Waals surface area contributed by atoms with Crippen LogP contribution in [0.2, 0.25) is 0 Å². The fourth-order valence-corrected chi connectivity index (χ4v) is 5.25. The molecule has 1 aromatic rings. The summed E-state index contributed by atoms with van der Waals surface area (Å²) in [6.45, 7) is 12.7. The normalized spacial score (nSPS) is 22.2. The maximum absolute atomic E-state index is 12.8. The van der Waals surface area contributed by atoms with E-state index in [0.29, 0.717) is 17.5 Å². The van der Waals surface area contributed by atoms with Crippen LogP contribution in [0, 0.1) is 27.7 Å². The third kappa shape index (κ3) is 3.36. The molecule has 5 heteroatoms. The summed E-state index contributed by atoms with van der Waals surface area (Å²) in [6, 6.07) is 2.47. The number of rotatable bonds is 5. The van der Waals surface area contributed by atoms with Crippen molar-refractivity contribution < 1.29 is 13.3 Å². The number of nitrogens with one attached hydrogen (secondary N) is 2. The largest absolute Gasteiger partial charge is 0.332 e. The molecule has 1 aliphatic rings. The molecule has 0 saturated carbocycles. The van der Waals surface area contributed by atoms with Crippen molar-refractivity contribution in [2.75, 3.05) is 19.6 Å². The highest BCUT2D eigenvalue weighted by Crippen LogP contribution is 2.25. The van der Waals surface area contributed by atoms with E-state index >= 15 is 0 Å². The smallest absolute Gasteiger partial charge is 0.241 e. The molecular weight excluding hydrogens is 296 g/mol. The lowest BCUT2D eigenvalue weighted by Crippen LogP contribution is -3.14. The summed E-state index contributed by atoms with van der Waals surface area (Å²) < 4.78 is 28.5. The molecule has 0 spiro atoms. The SMILES string of the molecule is CC[NH+]1CCC[C@H]1CNS(=O)(=O)c1c(C)c(C)cc(C)c1C. The van der Waals surface area contributed by atoms with Crippen molar-refractivity contribution in [1.82, 2.24) is 4.72 Å². The average molecular weight is 325 g/mol. The second-order valence-corrected chi connectivity index (χ2v) is 8.25. The zero-order valence-electron chi connectivity index (χ0n) is 14.4. The van der Waals surface area contributed by atoms with Gasteiger partial charge in [0, 0.05) is 12.8 Å². The van der Waals surface area contributed by atoms with Crippen molar-refractivity contribution in [3.63, 3.8) is 0 Å². The monoisotopic (exact) mass is 325 g/mol. The maximum Gasteiger partial charge on any atom is 0.241 e. The first-order valence-electron chi connectivity index (χ1n) is 8.19. The third-order valence-corrected chi connectivity index (χ3v) is 6.86. The van der Waals surface area contributed by atoms with E-state index < -0.39 is 10.0 Å². The molecule has 22 heavy (non-hydrogen) atoms. The van der Waals surface area contributed by atoms with Crippen molar-refractivity contribution >= 4 is 10.0 Å². The number of hydrogen-bond acceptors (Lipinski definition) is 2. The summed E-state index contributed by atoms with van der Waals surface area (Å²) >= 11 is 0. The van der Waals surface area contributed by atoms with Gasteiger partial charge in [-0.15, -0.1) is 0 Å². The molecule has 2 atom stereocenters. The minimum atomic E-state index is -3.45. The Balaban J connectivity index is 2.24. The lowest BCUT2D eigenvalue weighted by atomic mass is 10.0. The van der Waals surface area contributed by atoms with Gasteiger partial charge < -0.3 is 4.90 Å². The summed E-state index contributed by atoms with van der Waals surface area (Å²) in [5.41, 5.74) is 3.79. The first-order valence-corrected chi connectivity index (χ1v) is 9.68. The molecule has 2 rings (SSSR count). The van der Waals surface area contributed by atoms with Crippen LogP contribution >= 0.6 is 0 Å². The fourth-order valence-electron chi connectivity index (χ4n) is 3.56. The zero-order valence-corrected chi connectivity index (χ0v) is 15.2. The second kappa shape index (κ2) is 6.69. The minimum absolute atomic E-state index is 0.409. The topological polar surface area (TPSA) is 50.6 Å². The van der Waals surface area contributed by atoms with Crippen LogP contribution in [0.4, 0.5) is 0 Å². The molecule has 124 valence electrons. The van der Waals surface area contributed by atoms with Crippen LogP contribution in [-0.4, -0.2) is 34.1 Å². The van der Waals surface area contributed by atoms with E-state index in [9.17, 15) is 8.42 Å². The second-order valence-electron chi connectivity index (χ2n) is 6.54. The van der Waals surface area contributed by atoms with Crippen LogP contribution in [0.25, 0.3) is 0 Å². The lowest BCUT2D eigenvalue weighted by Gasteiger charge is -2.21. The van der Waals surface area contributed by atoms with Crippen LogP contribution in [0.3, 0.4) is 0 Å². The molecule has 1 saturated heterocycles. The van der Waals surface area contributed by atoms with E-state index in [0.717, 1.165) is 41.8 Å². The first-order chi connectivity index (χ1) is 10.3. The Kier molecular flexibility index (Phi) is 5.30.